The van der Waals surface area contributed by atoms with Gasteiger partial charge >= 0.3 is 0 Å². The summed E-state index contributed by atoms with van der Waals surface area (Å²) in [6, 6.07) is 4.97. The van der Waals surface area contributed by atoms with Crippen molar-refractivity contribution >= 4 is 5.82 Å². The van der Waals surface area contributed by atoms with Gasteiger partial charge in [-0.1, -0.05) is 12.1 Å². The number of nitrogens with zero attached hydrogens (tertiary/aromatic N) is 2. The average Bonchev–Trinajstić information content (AvgIpc) is 2.40. The number of rotatable bonds is 3. The smallest absolute Gasteiger partial charge is 0.187 e. The molecule has 0 radical (unpaired) electrons. The van der Waals surface area contributed by atoms with Gasteiger partial charge in [0.25, 0.3) is 0 Å². The Bertz CT molecular complexity index is 572. The number of benzene rings is 1. The lowest BCUT2D eigenvalue weighted by Gasteiger charge is -2.11. The molecular formula is C13H14FN3O. The molecule has 5 heteroatoms. The van der Waals surface area contributed by atoms with Crippen LogP contribution in [-0.4, -0.2) is 24.1 Å². The van der Waals surface area contributed by atoms with E-state index in [1.54, 1.807) is 20.0 Å². The number of hydrogen-bond acceptors (Lipinski definition) is 4. The number of aryl methyl sites for hydroxylation is 1. The fourth-order valence-electron chi connectivity index (χ4n) is 1.69. The van der Waals surface area contributed by atoms with Gasteiger partial charge in [-0.2, -0.15) is 0 Å². The van der Waals surface area contributed by atoms with Crippen LogP contribution >= 0.6 is 0 Å². The van der Waals surface area contributed by atoms with Crippen LogP contribution in [0.15, 0.2) is 24.5 Å². The maximum Gasteiger partial charge on any atom is 0.187 e. The molecule has 4 nitrogen and oxygen atoms in total. The van der Waals surface area contributed by atoms with Crippen LogP contribution in [0.25, 0.3) is 11.3 Å². The van der Waals surface area contributed by atoms with Crippen LogP contribution in [0.4, 0.5) is 10.2 Å². The molecule has 0 atom stereocenters. The molecule has 2 rings (SSSR count). The standard InChI is InChI=1S/C13H14FN3O/c1-8-4-5-9(6-10(8)14)11-12(18-3)13(15-2)17-7-16-11/h4-7H,1-3H3,(H,15,16,17). The molecule has 0 saturated heterocycles. The second-order valence-electron chi connectivity index (χ2n) is 3.82. The van der Waals surface area contributed by atoms with Gasteiger partial charge in [0.05, 0.1) is 7.11 Å². The molecule has 2 aromatic rings. The quantitative estimate of drug-likeness (QED) is 0.905. The highest BCUT2D eigenvalue weighted by Gasteiger charge is 2.13. The maximum atomic E-state index is 13.6. The molecule has 0 aliphatic heterocycles. The highest BCUT2D eigenvalue weighted by Crippen LogP contribution is 2.33. The summed E-state index contributed by atoms with van der Waals surface area (Å²) in [5.41, 5.74) is 1.82. The molecule has 0 bridgehead atoms. The van der Waals surface area contributed by atoms with Crippen LogP contribution < -0.4 is 10.1 Å². The highest BCUT2D eigenvalue weighted by molar-refractivity contribution is 5.72. The van der Waals surface area contributed by atoms with Crippen molar-refractivity contribution in [3.8, 4) is 17.0 Å². The Hall–Kier alpha value is -2.17. The van der Waals surface area contributed by atoms with E-state index in [9.17, 15) is 4.39 Å². The fraction of sp³-hybridized carbons (Fsp3) is 0.231. The second kappa shape index (κ2) is 5.00. The molecule has 1 aromatic carbocycles. The number of aromatic nitrogens is 2. The van der Waals surface area contributed by atoms with Crippen molar-refractivity contribution in [1.82, 2.24) is 9.97 Å². The molecule has 1 N–H and O–H groups in total. The summed E-state index contributed by atoms with van der Waals surface area (Å²) in [6.45, 7) is 1.72. The van der Waals surface area contributed by atoms with Crippen LogP contribution in [0.1, 0.15) is 5.56 Å². The number of nitrogens with one attached hydrogen (secondary N) is 1. The van der Waals surface area contributed by atoms with E-state index in [0.717, 1.165) is 0 Å². The third kappa shape index (κ3) is 2.11. The fourth-order valence-corrected chi connectivity index (χ4v) is 1.69. The van der Waals surface area contributed by atoms with E-state index in [1.807, 2.05) is 6.07 Å². The zero-order chi connectivity index (χ0) is 13.1. The summed E-state index contributed by atoms with van der Waals surface area (Å²) in [5.74, 6) is 0.811. The molecule has 1 aromatic heterocycles. The minimum atomic E-state index is -0.265. The largest absolute Gasteiger partial charge is 0.491 e. The van der Waals surface area contributed by atoms with Crippen molar-refractivity contribution in [2.75, 3.05) is 19.5 Å². The Kier molecular flexibility index (Phi) is 3.41. The van der Waals surface area contributed by atoms with Gasteiger partial charge in [0, 0.05) is 12.6 Å². The van der Waals surface area contributed by atoms with Gasteiger partial charge in [0.1, 0.15) is 17.8 Å². The van der Waals surface area contributed by atoms with E-state index < -0.39 is 0 Å². The van der Waals surface area contributed by atoms with E-state index in [2.05, 4.69) is 15.3 Å². The molecule has 0 saturated carbocycles. The van der Waals surface area contributed by atoms with Gasteiger partial charge < -0.3 is 10.1 Å². The average molecular weight is 247 g/mol. The number of ether oxygens (including phenoxy) is 1. The lowest BCUT2D eigenvalue weighted by Crippen LogP contribution is -2.00. The SMILES string of the molecule is CNc1ncnc(-c2ccc(C)c(F)c2)c1OC. The van der Waals surface area contributed by atoms with E-state index in [0.29, 0.717) is 28.4 Å². The van der Waals surface area contributed by atoms with Crippen LogP contribution in [0, 0.1) is 12.7 Å². The summed E-state index contributed by atoms with van der Waals surface area (Å²) < 4.78 is 18.9. The summed E-state index contributed by atoms with van der Waals surface area (Å²) in [6.07, 6.45) is 1.42. The van der Waals surface area contributed by atoms with Crippen LogP contribution in [0.3, 0.4) is 0 Å². The number of methoxy groups -OCH3 is 1. The molecule has 94 valence electrons. The van der Waals surface area contributed by atoms with E-state index >= 15 is 0 Å². The zero-order valence-corrected chi connectivity index (χ0v) is 10.5. The monoisotopic (exact) mass is 247 g/mol. The first-order chi connectivity index (χ1) is 8.67. The Morgan fingerprint density at radius 1 is 1.28 bits per heavy atom. The van der Waals surface area contributed by atoms with Crippen LogP contribution in [-0.2, 0) is 0 Å². The molecule has 0 spiro atoms. The van der Waals surface area contributed by atoms with Crippen molar-refractivity contribution in [2.24, 2.45) is 0 Å². The third-order valence-electron chi connectivity index (χ3n) is 2.69. The molecule has 18 heavy (non-hydrogen) atoms. The number of anilines is 1. The van der Waals surface area contributed by atoms with Crippen molar-refractivity contribution in [2.45, 2.75) is 6.92 Å². The highest BCUT2D eigenvalue weighted by atomic mass is 19.1. The van der Waals surface area contributed by atoms with Gasteiger partial charge in [0.15, 0.2) is 11.6 Å². The number of halogens is 1. The van der Waals surface area contributed by atoms with E-state index in [1.165, 1.54) is 19.5 Å². The van der Waals surface area contributed by atoms with Crippen LogP contribution in [0.5, 0.6) is 5.75 Å². The molecular weight excluding hydrogens is 233 g/mol. The predicted octanol–water partition coefficient (Wildman–Crippen LogP) is 2.64. The normalized spacial score (nSPS) is 10.2. The Morgan fingerprint density at radius 2 is 2.06 bits per heavy atom. The first kappa shape index (κ1) is 12.3. The lowest BCUT2D eigenvalue weighted by molar-refractivity contribution is 0.415. The lowest BCUT2D eigenvalue weighted by atomic mass is 10.1. The molecule has 0 aliphatic rings. The second-order valence-corrected chi connectivity index (χ2v) is 3.82. The van der Waals surface area contributed by atoms with Gasteiger partial charge in [0.2, 0.25) is 0 Å². The zero-order valence-electron chi connectivity index (χ0n) is 10.5. The van der Waals surface area contributed by atoms with Gasteiger partial charge in [-0.3, -0.25) is 0 Å². The number of hydrogen-bond donors (Lipinski definition) is 1. The van der Waals surface area contributed by atoms with Crippen molar-refractivity contribution in [1.29, 1.82) is 0 Å². The van der Waals surface area contributed by atoms with E-state index in [4.69, 9.17) is 4.74 Å². The third-order valence-corrected chi connectivity index (χ3v) is 2.69. The van der Waals surface area contributed by atoms with Crippen molar-refractivity contribution in [3.05, 3.63) is 35.9 Å². The summed E-state index contributed by atoms with van der Waals surface area (Å²) in [5, 5.41) is 2.91. The topological polar surface area (TPSA) is 47.0 Å². The Labute approximate surface area is 105 Å². The van der Waals surface area contributed by atoms with E-state index in [-0.39, 0.29) is 5.82 Å². The minimum absolute atomic E-state index is 0.265. The van der Waals surface area contributed by atoms with Crippen molar-refractivity contribution in [3.63, 3.8) is 0 Å². The van der Waals surface area contributed by atoms with Crippen molar-refractivity contribution < 1.29 is 9.13 Å². The summed E-state index contributed by atoms with van der Waals surface area (Å²) in [4.78, 5) is 8.21. The molecule has 1 heterocycles. The van der Waals surface area contributed by atoms with Gasteiger partial charge in [-0.25, -0.2) is 14.4 Å². The first-order valence-electron chi connectivity index (χ1n) is 5.50. The Morgan fingerprint density at radius 3 is 2.67 bits per heavy atom. The molecule has 0 unspecified atom stereocenters. The first-order valence-corrected chi connectivity index (χ1v) is 5.50. The molecule has 0 amide bonds. The molecule has 0 aliphatic carbocycles. The van der Waals surface area contributed by atoms with Crippen LogP contribution in [0.2, 0.25) is 0 Å². The van der Waals surface area contributed by atoms with Gasteiger partial charge in [-0.05, 0) is 18.6 Å². The summed E-state index contributed by atoms with van der Waals surface area (Å²) in [7, 11) is 3.28. The Balaban J connectivity index is 2.59. The summed E-state index contributed by atoms with van der Waals surface area (Å²) >= 11 is 0. The predicted molar refractivity (Wildman–Crippen MR) is 68.3 cm³/mol. The van der Waals surface area contributed by atoms with Gasteiger partial charge in [-0.15, -0.1) is 0 Å². The maximum absolute atomic E-state index is 13.6. The minimum Gasteiger partial charge on any atom is -0.491 e. The molecule has 0 fully saturated rings.